The molecule has 0 radical (unpaired) electrons. The number of hydrogen-bond donors (Lipinski definition) is 7. The van der Waals surface area contributed by atoms with Crippen molar-refractivity contribution in [1.82, 2.24) is 10.6 Å². The van der Waals surface area contributed by atoms with Crippen LogP contribution >= 0.6 is 0 Å². The SMILES string of the molecule is CC(C)c1ccc(O)c2c1C[C@]1(C)C[C@]3(C)[C@@H](C(C)C)C(O)[C@@H](C(=O)NCNC(=O)CO)C(=O)[C@]3(O)C(O)[C@H]1C2=O. The van der Waals surface area contributed by atoms with E-state index >= 15 is 0 Å². The number of fused-ring (bicyclic) bond motifs is 3. The van der Waals surface area contributed by atoms with Gasteiger partial charge in [-0.05, 0) is 53.2 Å². The molecule has 0 heterocycles. The Morgan fingerprint density at radius 2 is 1.71 bits per heavy atom. The van der Waals surface area contributed by atoms with Gasteiger partial charge in [0, 0.05) is 5.41 Å². The van der Waals surface area contributed by atoms with Gasteiger partial charge in [-0.3, -0.25) is 19.2 Å². The Balaban J connectivity index is 1.84. The van der Waals surface area contributed by atoms with E-state index in [9.17, 15) is 39.6 Å². The van der Waals surface area contributed by atoms with Gasteiger partial charge < -0.3 is 36.2 Å². The smallest absolute Gasteiger partial charge is 0.247 e. The number of Topliss-reactive ketones (excluding diaryl/α,β-unsaturated/α-hetero) is 2. The van der Waals surface area contributed by atoms with E-state index < -0.39 is 83.0 Å². The number of nitrogens with one attached hydrogen (secondary N) is 2. The van der Waals surface area contributed by atoms with Crippen molar-refractivity contribution in [2.24, 2.45) is 34.5 Å². The third-order valence-electron chi connectivity index (χ3n) is 9.99. The predicted octanol–water partition coefficient (Wildman–Crippen LogP) is 0.393. The molecule has 11 heteroatoms. The standard InChI is InChI=1S/C30H42N2O9/c1-13(2)15-7-8-17(34)19-16(15)9-28(5)11-29(6)21(14(3)4)24(37)20(27(40)32-12-31-18(35)10-33)25(38)30(29,41)26(39)22(28)23(19)36/h7-8,13-14,20-22,24,26,33-34,37,39,41H,9-12H2,1-6H3,(H,31,35)(H,32,40)/t20-,21+,22-,24?,26?,28-,29-,30+/m1/s1. The van der Waals surface area contributed by atoms with Gasteiger partial charge in [0.25, 0.3) is 0 Å². The summed E-state index contributed by atoms with van der Waals surface area (Å²) < 4.78 is 0. The number of benzene rings is 1. The van der Waals surface area contributed by atoms with Crippen LogP contribution in [0.4, 0.5) is 0 Å². The Bertz CT molecular complexity index is 1280. The molecule has 226 valence electrons. The van der Waals surface area contributed by atoms with Crippen LogP contribution in [0.1, 0.15) is 75.4 Å². The van der Waals surface area contributed by atoms with Gasteiger partial charge in [-0.2, -0.15) is 0 Å². The molecule has 3 aliphatic carbocycles. The third-order valence-corrected chi connectivity index (χ3v) is 9.99. The van der Waals surface area contributed by atoms with Crippen LogP contribution in [0.5, 0.6) is 5.75 Å². The second-order valence-corrected chi connectivity index (χ2v) is 13.2. The zero-order chi connectivity index (χ0) is 30.8. The molecule has 0 saturated heterocycles. The highest BCUT2D eigenvalue weighted by atomic mass is 16.4. The molecule has 2 fully saturated rings. The molecule has 3 aliphatic rings. The summed E-state index contributed by atoms with van der Waals surface area (Å²) in [6, 6.07) is 3.22. The fourth-order valence-electron chi connectivity index (χ4n) is 8.47. The maximum Gasteiger partial charge on any atom is 0.247 e. The number of aliphatic hydroxyl groups excluding tert-OH is 3. The van der Waals surface area contributed by atoms with Gasteiger partial charge in [-0.25, -0.2) is 0 Å². The Labute approximate surface area is 239 Å². The van der Waals surface area contributed by atoms with Gasteiger partial charge >= 0.3 is 0 Å². The predicted molar refractivity (Wildman–Crippen MR) is 147 cm³/mol. The van der Waals surface area contributed by atoms with Gasteiger partial charge in [0.05, 0.1) is 24.3 Å². The van der Waals surface area contributed by atoms with Crippen LogP contribution in [0.2, 0.25) is 0 Å². The van der Waals surface area contributed by atoms with E-state index in [0.29, 0.717) is 12.0 Å². The maximum atomic E-state index is 14.1. The number of hydrogen-bond acceptors (Lipinski definition) is 9. The molecule has 0 aliphatic heterocycles. The molecular formula is C30H42N2O9. The quantitative estimate of drug-likeness (QED) is 0.186. The van der Waals surface area contributed by atoms with Gasteiger partial charge in [0.2, 0.25) is 11.8 Å². The van der Waals surface area contributed by atoms with Crippen LogP contribution in [0.25, 0.3) is 0 Å². The molecule has 8 atom stereocenters. The van der Waals surface area contributed by atoms with Crippen molar-refractivity contribution in [3.63, 3.8) is 0 Å². The Morgan fingerprint density at radius 1 is 1.07 bits per heavy atom. The van der Waals surface area contributed by atoms with E-state index in [1.54, 1.807) is 26.8 Å². The second-order valence-electron chi connectivity index (χ2n) is 13.2. The first-order chi connectivity index (χ1) is 19.0. The normalized spacial score (nSPS) is 36.4. The van der Waals surface area contributed by atoms with Crippen LogP contribution in [-0.4, -0.2) is 80.0 Å². The number of aliphatic hydroxyl groups is 4. The second kappa shape index (κ2) is 10.4. The van der Waals surface area contributed by atoms with E-state index in [-0.39, 0.29) is 29.6 Å². The average molecular weight is 575 g/mol. The van der Waals surface area contributed by atoms with Crippen molar-refractivity contribution in [2.75, 3.05) is 13.3 Å². The fraction of sp³-hybridized carbons (Fsp3) is 0.667. The summed E-state index contributed by atoms with van der Waals surface area (Å²) in [5, 5.41) is 60.0. The summed E-state index contributed by atoms with van der Waals surface area (Å²) in [5.74, 6) is -7.88. The fourth-order valence-corrected chi connectivity index (χ4v) is 8.47. The Morgan fingerprint density at radius 3 is 2.27 bits per heavy atom. The van der Waals surface area contributed by atoms with Gasteiger partial charge in [0.1, 0.15) is 24.4 Å². The van der Waals surface area contributed by atoms with Crippen molar-refractivity contribution >= 4 is 23.4 Å². The number of phenols is 1. The molecule has 7 N–H and O–H groups in total. The van der Waals surface area contributed by atoms with Gasteiger partial charge in [-0.15, -0.1) is 0 Å². The van der Waals surface area contributed by atoms with Crippen molar-refractivity contribution in [3.05, 3.63) is 28.8 Å². The Hall–Kier alpha value is -2.86. The van der Waals surface area contributed by atoms with E-state index in [1.165, 1.54) is 6.07 Å². The molecule has 0 spiro atoms. The Kier molecular flexibility index (Phi) is 7.92. The molecule has 2 amide bonds. The van der Waals surface area contributed by atoms with Crippen LogP contribution in [0.15, 0.2) is 12.1 Å². The van der Waals surface area contributed by atoms with Crippen molar-refractivity contribution in [1.29, 1.82) is 0 Å². The zero-order valence-electron chi connectivity index (χ0n) is 24.4. The first kappa shape index (κ1) is 31.1. The molecule has 11 nitrogen and oxygen atoms in total. The highest BCUT2D eigenvalue weighted by Crippen LogP contribution is 2.65. The van der Waals surface area contributed by atoms with E-state index in [1.807, 2.05) is 20.8 Å². The lowest BCUT2D eigenvalue weighted by atomic mass is 9.39. The molecule has 2 unspecified atom stereocenters. The van der Waals surface area contributed by atoms with Crippen LogP contribution in [0, 0.1) is 34.5 Å². The summed E-state index contributed by atoms with van der Waals surface area (Å²) in [7, 11) is 0. The molecule has 4 rings (SSSR count). The summed E-state index contributed by atoms with van der Waals surface area (Å²) in [4.78, 5) is 52.8. The number of carbonyl (C=O) groups is 4. The number of amides is 2. The number of phenolic OH excluding ortho intramolecular Hbond substituents is 1. The van der Waals surface area contributed by atoms with Gasteiger partial charge in [-0.1, -0.05) is 47.6 Å². The zero-order valence-corrected chi connectivity index (χ0v) is 24.4. The minimum absolute atomic E-state index is 0.0428. The summed E-state index contributed by atoms with van der Waals surface area (Å²) in [6.45, 7) is 9.76. The van der Waals surface area contributed by atoms with Crippen LogP contribution in [0.3, 0.4) is 0 Å². The molecule has 0 bridgehead atoms. The third kappa shape index (κ3) is 4.40. The first-order valence-electron chi connectivity index (χ1n) is 14.1. The van der Waals surface area contributed by atoms with E-state index in [0.717, 1.165) is 5.56 Å². The monoisotopic (exact) mass is 574 g/mol. The lowest BCUT2D eigenvalue weighted by molar-refractivity contribution is -0.265. The maximum absolute atomic E-state index is 14.1. The van der Waals surface area contributed by atoms with Crippen LogP contribution < -0.4 is 10.6 Å². The number of aromatic hydroxyl groups is 1. The average Bonchev–Trinajstić information content (AvgIpc) is 2.85. The van der Waals surface area contributed by atoms with Crippen molar-refractivity contribution in [2.45, 2.75) is 78.1 Å². The first-order valence-corrected chi connectivity index (χ1v) is 14.1. The van der Waals surface area contributed by atoms with E-state index in [4.69, 9.17) is 5.11 Å². The number of rotatable bonds is 6. The van der Waals surface area contributed by atoms with E-state index in [2.05, 4.69) is 10.6 Å². The lowest BCUT2D eigenvalue weighted by Crippen LogP contribution is -2.79. The topological polar surface area (TPSA) is 193 Å². The summed E-state index contributed by atoms with van der Waals surface area (Å²) >= 11 is 0. The highest BCUT2D eigenvalue weighted by molar-refractivity contribution is 6.09. The molecular weight excluding hydrogens is 532 g/mol. The summed E-state index contributed by atoms with van der Waals surface area (Å²) in [6.07, 6.45) is -3.08. The van der Waals surface area contributed by atoms with Crippen molar-refractivity contribution in [3.8, 4) is 5.75 Å². The molecule has 41 heavy (non-hydrogen) atoms. The molecule has 2 saturated carbocycles. The van der Waals surface area contributed by atoms with Crippen molar-refractivity contribution < 1.29 is 44.7 Å². The molecule has 1 aromatic rings. The molecule has 0 aromatic heterocycles. The van der Waals surface area contributed by atoms with Gasteiger partial charge in [0.15, 0.2) is 17.2 Å². The minimum atomic E-state index is -2.58. The highest BCUT2D eigenvalue weighted by Gasteiger charge is 2.76. The summed E-state index contributed by atoms with van der Waals surface area (Å²) in [5.41, 5.74) is -3.33. The van der Waals surface area contributed by atoms with Crippen LogP contribution in [-0.2, 0) is 20.8 Å². The number of carbonyl (C=O) groups excluding carboxylic acids is 4. The minimum Gasteiger partial charge on any atom is -0.507 e. The largest absolute Gasteiger partial charge is 0.507 e. The number of ketones is 2. The molecule has 1 aromatic carbocycles. The lowest BCUT2D eigenvalue weighted by Gasteiger charge is -2.66.